The third-order valence-electron chi connectivity index (χ3n) is 4.21. The van der Waals surface area contributed by atoms with E-state index in [0.717, 1.165) is 38.5 Å². The Labute approximate surface area is 142 Å². The van der Waals surface area contributed by atoms with Gasteiger partial charge in [0.15, 0.2) is 0 Å². The third-order valence-corrected chi connectivity index (χ3v) is 4.21. The standard InChI is InChI=1S/C21H34O2/c1-2-3-15-20(22)16-11-9-7-5-4-6-8-10-13-19-14-12-17-21(23)18-19/h9,11-12,14,17-18,20,22-23H,2-8,10,13,15-16H2,1H3. The van der Waals surface area contributed by atoms with Crippen LogP contribution in [0.15, 0.2) is 36.4 Å². The predicted octanol–water partition coefficient (Wildman–Crippen LogP) is 5.77. The molecule has 0 aromatic heterocycles. The van der Waals surface area contributed by atoms with Gasteiger partial charge >= 0.3 is 0 Å². The molecule has 130 valence electrons. The number of aryl methyl sites for hydroxylation is 1. The fraction of sp³-hybridized carbons (Fsp3) is 0.619. The highest BCUT2D eigenvalue weighted by molar-refractivity contribution is 5.27. The summed E-state index contributed by atoms with van der Waals surface area (Å²) in [6.45, 7) is 2.16. The van der Waals surface area contributed by atoms with Gasteiger partial charge in [0, 0.05) is 0 Å². The number of allylic oxidation sites excluding steroid dienone is 1. The van der Waals surface area contributed by atoms with Crippen molar-refractivity contribution in [1.82, 2.24) is 0 Å². The molecule has 0 saturated carbocycles. The highest BCUT2D eigenvalue weighted by atomic mass is 16.3. The fourth-order valence-corrected chi connectivity index (χ4v) is 2.76. The van der Waals surface area contributed by atoms with Crippen LogP contribution in [-0.4, -0.2) is 16.3 Å². The highest BCUT2D eigenvalue weighted by Crippen LogP contribution is 2.14. The van der Waals surface area contributed by atoms with Gasteiger partial charge in [-0.3, -0.25) is 0 Å². The quantitative estimate of drug-likeness (QED) is 0.358. The molecule has 1 aromatic rings. The molecule has 0 aliphatic rings. The first-order valence-corrected chi connectivity index (χ1v) is 9.33. The molecule has 0 aliphatic heterocycles. The normalized spacial score (nSPS) is 12.8. The molecule has 0 bridgehead atoms. The van der Waals surface area contributed by atoms with Crippen molar-refractivity contribution in [2.45, 2.75) is 83.7 Å². The summed E-state index contributed by atoms with van der Waals surface area (Å²) in [7, 11) is 0. The Balaban J connectivity index is 1.91. The topological polar surface area (TPSA) is 40.5 Å². The smallest absolute Gasteiger partial charge is 0.115 e. The minimum Gasteiger partial charge on any atom is -0.508 e. The zero-order valence-electron chi connectivity index (χ0n) is 14.7. The molecule has 0 heterocycles. The average Bonchev–Trinajstić information content (AvgIpc) is 2.54. The summed E-state index contributed by atoms with van der Waals surface area (Å²) < 4.78 is 0. The van der Waals surface area contributed by atoms with E-state index in [9.17, 15) is 10.2 Å². The molecule has 1 atom stereocenters. The van der Waals surface area contributed by atoms with E-state index in [-0.39, 0.29) is 6.10 Å². The van der Waals surface area contributed by atoms with E-state index in [1.807, 2.05) is 12.1 Å². The van der Waals surface area contributed by atoms with Gasteiger partial charge in [-0.1, -0.05) is 63.3 Å². The largest absolute Gasteiger partial charge is 0.508 e. The predicted molar refractivity (Wildman–Crippen MR) is 98.8 cm³/mol. The number of rotatable bonds is 13. The maximum absolute atomic E-state index is 9.72. The summed E-state index contributed by atoms with van der Waals surface area (Å²) in [6, 6.07) is 7.58. The second-order valence-electron chi connectivity index (χ2n) is 6.48. The summed E-state index contributed by atoms with van der Waals surface area (Å²) in [5, 5.41) is 19.1. The molecular formula is C21H34O2. The second kappa shape index (κ2) is 13.2. The number of hydrogen-bond donors (Lipinski definition) is 2. The van der Waals surface area contributed by atoms with Gasteiger partial charge in [-0.15, -0.1) is 0 Å². The van der Waals surface area contributed by atoms with Crippen LogP contribution >= 0.6 is 0 Å². The van der Waals surface area contributed by atoms with E-state index in [2.05, 4.69) is 25.1 Å². The van der Waals surface area contributed by atoms with Crippen LogP contribution in [0, 0.1) is 0 Å². The van der Waals surface area contributed by atoms with Gasteiger partial charge in [-0.05, 0) is 56.2 Å². The third kappa shape index (κ3) is 11.0. The first-order valence-electron chi connectivity index (χ1n) is 9.33. The Morgan fingerprint density at radius 1 is 1.00 bits per heavy atom. The van der Waals surface area contributed by atoms with Gasteiger partial charge in [0.05, 0.1) is 6.10 Å². The Bertz CT molecular complexity index is 426. The number of benzene rings is 1. The lowest BCUT2D eigenvalue weighted by Crippen LogP contribution is -2.03. The molecule has 0 radical (unpaired) electrons. The van der Waals surface area contributed by atoms with Gasteiger partial charge in [0.1, 0.15) is 5.75 Å². The van der Waals surface area contributed by atoms with Gasteiger partial charge in [0.2, 0.25) is 0 Å². The van der Waals surface area contributed by atoms with Crippen LogP contribution in [0.4, 0.5) is 0 Å². The van der Waals surface area contributed by atoms with Crippen LogP contribution in [0.5, 0.6) is 5.75 Å². The van der Waals surface area contributed by atoms with Crippen molar-refractivity contribution in [3.05, 3.63) is 42.0 Å². The number of hydrogen-bond acceptors (Lipinski definition) is 2. The van der Waals surface area contributed by atoms with E-state index in [1.165, 1.54) is 37.7 Å². The first-order chi connectivity index (χ1) is 11.2. The first kappa shape index (κ1) is 19.8. The molecule has 0 spiro atoms. The fourth-order valence-electron chi connectivity index (χ4n) is 2.76. The van der Waals surface area contributed by atoms with E-state index >= 15 is 0 Å². The maximum atomic E-state index is 9.72. The van der Waals surface area contributed by atoms with Gasteiger partial charge in [-0.25, -0.2) is 0 Å². The monoisotopic (exact) mass is 318 g/mol. The molecule has 2 nitrogen and oxygen atoms in total. The summed E-state index contributed by atoms with van der Waals surface area (Å²) in [4.78, 5) is 0. The summed E-state index contributed by atoms with van der Waals surface area (Å²) in [6.07, 6.45) is 16.7. The number of aliphatic hydroxyl groups is 1. The number of aliphatic hydroxyl groups excluding tert-OH is 1. The van der Waals surface area contributed by atoms with Crippen molar-refractivity contribution < 1.29 is 10.2 Å². The Morgan fingerprint density at radius 3 is 2.57 bits per heavy atom. The molecular weight excluding hydrogens is 284 g/mol. The van der Waals surface area contributed by atoms with Crippen LogP contribution in [0.1, 0.15) is 76.7 Å². The lowest BCUT2D eigenvalue weighted by atomic mass is 10.0. The minimum absolute atomic E-state index is 0.149. The van der Waals surface area contributed by atoms with Gasteiger partial charge < -0.3 is 10.2 Å². The van der Waals surface area contributed by atoms with E-state index in [4.69, 9.17) is 0 Å². The lowest BCUT2D eigenvalue weighted by molar-refractivity contribution is 0.164. The summed E-state index contributed by atoms with van der Waals surface area (Å²) >= 11 is 0. The maximum Gasteiger partial charge on any atom is 0.115 e. The van der Waals surface area contributed by atoms with Crippen LogP contribution < -0.4 is 0 Å². The van der Waals surface area contributed by atoms with Crippen molar-refractivity contribution in [2.24, 2.45) is 0 Å². The minimum atomic E-state index is -0.149. The highest BCUT2D eigenvalue weighted by Gasteiger charge is 1.99. The van der Waals surface area contributed by atoms with E-state index in [0.29, 0.717) is 5.75 Å². The van der Waals surface area contributed by atoms with Crippen LogP contribution in [0.25, 0.3) is 0 Å². The van der Waals surface area contributed by atoms with Crippen LogP contribution in [-0.2, 0) is 6.42 Å². The Hall–Kier alpha value is -1.28. The van der Waals surface area contributed by atoms with Crippen molar-refractivity contribution in [3.8, 4) is 5.75 Å². The van der Waals surface area contributed by atoms with Gasteiger partial charge in [-0.2, -0.15) is 0 Å². The average molecular weight is 319 g/mol. The van der Waals surface area contributed by atoms with Crippen LogP contribution in [0.2, 0.25) is 0 Å². The zero-order valence-corrected chi connectivity index (χ0v) is 14.7. The Kier molecular flexibility index (Phi) is 11.3. The molecule has 23 heavy (non-hydrogen) atoms. The molecule has 0 aliphatic carbocycles. The summed E-state index contributed by atoms with van der Waals surface area (Å²) in [5.74, 6) is 0.370. The van der Waals surface area contributed by atoms with E-state index < -0.39 is 0 Å². The summed E-state index contributed by atoms with van der Waals surface area (Å²) in [5.41, 5.74) is 1.23. The van der Waals surface area contributed by atoms with Crippen molar-refractivity contribution >= 4 is 0 Å². The molecule has 1 aromatic carbocycles. The number of aromatic hydroxyl groups is 1. The van der Waals surface area contributed by atoms with Crippen molar-refractivity contribution in [1.29, 1.82) is 0 Å². The Morgan fingerprint density at radius 2 is 1.78 bits per heavy atom. The number of unbranched alkanes of at least 4 members (excludes halogenated alkanes) is 6. The number of phenolic OH excluding ortho intramolecular Hbond substituents is 1. The van der Waals surface area contributed by atoms with Crippen LogP contribution in [0.3, 0.4) is 0 Å². The lowest BCUT2D eigenvalue weighted by Gasteiger charge is -2.05. The molecule has 0 fully saturated rings. The van der Waals surface area contributed by atoms with E-state index in [1.54, 1.807) is 6.07 Å². The SMILES string of the molecule is CCCCC(O)CC=CCCCCCCCc1cccc(O)c1. The molecule has 1 unspecified atom stereocenters. The van der Waals surface area contributed by atoms with Gasteiger partial charge in [0.25, 0.3) is 0 Å². The van der Waals surface area contributed by atoms with Crippen molar-refractivity contribution in [3.63, 3.8) is 0 Å². The molecule has 0 saturated heterocycles. The second-order valence-corrected chi connectivity index (χ2v) is 6.48. The molecule has 2 N–H and O–H groups in total. The van der Waals surface area contributed by atoms with Crippen molar-refractivity contribution in [2.75, 3.05) is 0 Å². The zero-order chi connectivity index (χ0) is 16.8. The molecule has 0 amide bonds. The molecule has 2 heteroatoms. The number of phenols is 1. The molecule has 1 rings (SSSR count).